The highest BCUT2D eigenvalue weighted by Gasteiger charge is 2.50. The van der Waals surface area contributed by atoms with E-state index >= 15 is 0 Å². The van der Waals surface area contributed by atoms with Crippen LogP contribution in [0.25, 0.3) is 11.1 Å². The molecule has 0 radical (unpaired) electrons. The van der Waals surface area contributed by atoms with Gasteiger partial charge in [0.15, 0.2) is 11.5 Å². The minimum atomic E-state index is -5.08. The Kier molecular flexibility index (Phi) is 8.78. The fourth-order valence-corrected chi connectivity index (χ4v) is 6.97. The number of amides is 2. The van der Waals surface area contributed by atoms with Gasteiger partial charge in [-0.15, -0.1) is 0 Å². The maximum atomic E-state index is 13.0. The van der Waals surface area contributed by atoms with Gasteiger partial charge in [0.25, 0.3) is 0 Å². The van der Waals surface area contributed by atoms with Gasteiger partial charge in [0.1, 0.15) is 0 Å². The molecule has 2 amide bonds. The summed E-state index contributed by atoms with van der Waals surface area (Å²) in [7, 11) is 5.57. The van der Waals surface area contributed by atoms with E-state index in [4.69, 9.17) is 19.4 Å². The Hall–Kier alpha value is -4.25. The predicted molar refractivity (Wildman–Crippen MR) is 160 cm³/mol. The first-order valence-corrected chi connectivity index (χ1v) is 14.5. The number of hydrogen-bond donors (Lipinski definition) is 3. The molecule has 1 aliphatic heterocycles. The number of urea groups is 1. The van der Waals surface area contributed by atoms with Crippen molar-refractivity contribution >= 4 is 17.7 Å². The lowest BCUT2D eigenvalue weighted by atomic mass is 9.65. The lowest BCUT2D eigenvalue weighted by Gasteiger charge is -2.45. The van der Waals surface area contributed by atoms with Gasteiger partial charge >= 0.3 is 18.2 Å². The van der Waals surface area contributed by atoms with Crippen molar-refractivity contribution in [3.8, 4) is 22.6 Å². The normalized spacial score (nSPS) is 22.0. The molecule has 0 spiro atoms. The quantitative estimate of drug-likeness (QED) is 0.248. The Labute approximate surface area is 254 Å². The third kappa shape index (κ3) is 6.19. The molecule has 6 rings (SSSR count). The number of nitrogens with zero attached hydrogens (tertiary/aromatic N) is 1. The highest BCUT2D eigenvalue weighted by Crippen LogP contribution is 2.50. The molecule has 8 nitrogen and oxygen atoms in total. The number of halogens is 3. The fourth-order valence-electron chi connectivity index (χ4n) is 6.97. The fraction of sp³-hybridized carbons (Fsp3) is 0.394. The number of nitrogens with one attached hydrogen (secondary N) is 2. The molecule has 1 heterocycles. The molecular weight excluding hydrogens is 575 g/mol. The summed E-state index contributed by atoms with van der Waals surface area (Å²) in [5.74, 6) is -1.22. The lowest BCUT2D eigenvalue weighted by Crippen LogP contribution is -2.52. The summed E-state index contributed by atoms with van der Waals surface area (Å²) in [4.78, 5) is 24.4. The SMILES string of the molecule is COc1ccc([C@@]23CC[C@@H](NC(=O)Nc4ccc5c(c4)Cc4ccccc4-5)C[C@@H]2N(C)CC3)cc1OC.O=C(O)C(F)(F)F. The molecule has 0 bridgehead atoms. The van der Waals surface area contributed by atoms with E-state index in [2.05, 4.69) is 71.1 Å². The average Bonchev–Trinajstić information content (AvgIpc) is 3.54. The van der Waals surface area contributed by atoms with Crippen LogP contribution in [0.15, 0.2) is 60.7 Å². The van der Waals surface area contributed by atoms with Crippen LogP contribution < -0.4 is 20.1 Å². The molecule has 3 N–H and O–H groups in total. The summed E-state index contributed by atoms with van der Waals surface area (Å²) in [5.41, 5.74) is 7.40. The van der Waals surface area contributed by atoms with Crippen LogP contribution in [0.3, 0.4) is 0 Å². The second kappa shape index (κ2) is 12.4. The molecule has 2 aliphatic carbocycles. The van der Waals surface area contributed by atoms with Crippen LogP contribution in [-0.2, 0) is 16.6 Å². The van der Waals surface area contributed by atoms with Crippen LogP contribution in [0.2, 0.25) is 0 Å². The van der Waals surface area contributed by atoms with Gasteiger partial charge in [-0.2, -0.15) is 13.2 Å². The van der Waals surface area contributed by atoms with Gasteiger partial charge in [-0.25, -0.2) is 9.59 Å². The summed E-state index contributed by atoms with van der Waals surface area (Å²) in [6.45, 7) is 1.05. The number of methoxy groups -OCH3 is 2. The van der Waals surface area contributed by atoms with Gasteiger partial charge in [-0.1, -0.05) is 36.4 Å². The van der Waals surface area contributed by atoms with Gasteiger partial charge in [-0.05, 0) is 97.8 Å². The van der Waals surface area contributed by atoms with Gasteiger partial charge in [0.2, 0.25) is 0 Å². The molecule has 0 aromatic heterocycles. The number of carbonyl (C=O) groups excluding carboxylic acids is 1. The zero-order valence-corrected chi connectivity index (χ0v) is 24.8. The van der Waals surface area contributed by atoms with Gasteiger partial charge in [0.05, 0.1) is 14.2 Å². The third-order valence-electron chi connectivity index (χ3n) is 9.11. The molecule has 2 fully saturated rings. The van der Waals surface area contributed by atoms with Crippen molar-refractivity contribution in [3.05, 3.63) is 77.4 Å². The van der Waals surface area contributed by atoms with E-state index in [1.54, 1.807) is 14.2 Å². The molecule has 1 saturated carbocycles. The van der Waals surface area contributed by atoms with E-state index in [-0.39, 0.29) is 17.5 Å². The number of likely N-dealkylation sites (N-methyl/N-ethyl adjacent to an activating group) is 1. The Morgan fingerprint density at radius 3 is 2.36 bits per heavy atom. The monoisotopic (exact) mass is 611 g/mol. The van der Waals surface area contributed by atoms with Crippen molar-refractivity contribution < 1.29 is 37.3 Å². The summed E-state index contributed by atoms with van der Waals surface area (Å²) >= 11 is 0. The molecule has 1 saturated heterocycles. The van der Waals surface area contributed by atoms with E-state index in [1.165, 1.54) is 27.8 Å². The Morgan fingerprint density at radius 1 is 0.955 bits per heavy atom. The summed E-state index contributed by atoms with van der Waals surface area (Å²) in [6, 6.07) is 21.5. The van der Waals surface area contributed by atoms with E-state index in [1.807, 2.05) is 12.1 Å². The van der Waals surface area contributed by atoms with Crippen LogP contribution in [0.1, 0.15) is 42.4 Å². The van der Waals surface area contributed by atoms with Crippen LogP contribution in [0, 0.1) is 0 Å². The molecular formula is C33H36F3N3O5. The van der Waals surface area contributed by atoms with Gasteiger partial charge < -0.3 is 30.1 Å². The average molecular weight is 612 g/mol. The number of carboxylic acids is 1. The van der Waals surface area contributed by atoms with Gasteiger partial charge in [0, 0.05) is 23.2 Å². The van der Waals surface area contributed by atoms with Crippen molar-refractivity contribution in [3.63, 3.8) is 0 Å². The Morgan fingerprint density at radius 2 is 1.66 bits per heavy atom. The zero-order chi connectivity index (χ0) is 31.6. The topological polar surface area (TPSA) is 100 Å². The van der Waals surface area contributed by atoms with Crippen LogP contribution in [-0.4, -0.2) is 68.1 Å². The van der Waals surface area contributed by atoms with Crippen molar-refractivity contribution in [2.45, 2.75) is 55.8 Å². The Bertz CT molecular complexity index is 1550. The third-order valence-corrected chi connectivity index (χ3v) is 9.11. The first kappa shape index (κ1) is 31.2. The molecule has 3 atom stereocenters. The minimum absolute atomic E-state index is 0.0674. The smallest absolute Gasteiger partial charge is 0.490 e. The zero-order valence-electron chi connectivity index (χ0n) is 24.8. The number of ether oxygens (including phenoxy) is 2. The summed E-state index contributed by atoms with van der Waals surface area (Å²) < 4.78 is 42.8. The first-order valence-electron chi connectivity index (χ1n) is 14.5. The maximum Gasteiger partial charge on any atom is 0.490 e. The van der Waals surface area contributed by atoms with E-state index in [9.17, 15) is 18.0 Å². The van der Waals surface area contributed by atoms with E-state index < -0.39 is 12.1 Å². The number of aliphatic carboxylic acids is 1. The number of likely N-dealkylation sites (tertiary alicyclic amines) is 1. The standard InChI is InChI=1S/C31H35N3O3.C2HF3O2/c1-34-15-14-31(22-8-11-27(36-2)28(18-22)37-3)13-12-24(19-29(31)34)33-30(35)32-23-9-10-26-21(17-23)16-20-6-4-5-7-25(20)26;3-2(4,5)1(6)7/h4-11,17-18,24,29H,12-16,19H2,1-3H3,(H2,32,33,35);(H,6,7)/t24-,29+,31+;/m1./s1. The molecule has 11 heteroatoms. The number of benzene rings is 3. The largest absolute Gasteiger partial charge is 0.493 e. The molecule has 3 aromatic carbocycles. The van der Waals surface area contributed by atoms with Crippen molar-refractivity contribution in [1.82, 2.24) is 10.2 Å². The molecule has 44 heavy (non-hydrogen) atoms. The number of rotatable bonds is 5. The Balaban J connectivity index is 0.000000493. The second-order valence-corrected chi connectivity index (χ2v) is 11.6. The molecule has 3 aromatic rings. The first-order chi connectivity index (χ1) is 20.9. The number of anilines is 1. The van der Waals surface area contributed by atoms with Crippen LogP contribution in [0.4, 0.5) is 23.7 Å². The summed E-state index contributed by atoms with van der Waals surface area (Å²) in [5, 5.41) is 13.5. The highest BCUT2D eigenvalue weighted by atomic mass is 19.4. The summed E-state index contributed by atoms with van der Waals surface area (Å²) in [6.07, 6.45) is -0.152. The van der Waals surface area contributed by atoms with Crippen molar-refractivity contribution in [1.29, 1.82) is 0 Å². The van der Waals surface area contributed by atoms with E-state index in [0.717, 1.165) is 55.8 Å². The highest BCUT2D eigenvalue weighted by molar-refractivity contribution is 5.90. The molecule has 0 unspecified atom stereocenters. The number of carboxylic acid groups (broad SMARTS) is 1. The minimum Gasteiger partial charge on any atom is -0.493 e. The number of alkyl halides is 3. The number of fused-ring (bicyclic) bond motifs is 4. The lowest BCUT2D eigenvalue weighted by molar-refractivity contribution is -0.192. The van der Waals surface area contributed by atoms with Crippen LogP contribution in [0.5, 0.6) is 11.5 Å². The van der Waals surface area contributed by atoms with Gasteiger partial charge in [-0.3, -0.25) is 0 Å². The number of hydrogen-bond acceptors (Lipinski definition) is 5. The van der Waals surface area contributed by atoms with Crippen molar-refractivity contribution in [2.24, 2.45) is 0 Å². The molecule has 234 valence electrons. The maximum absolute atomic E-state index is 13.0. The van der Waals surface area contributed by atoms with E-state index in [0.29, 0.717) is 6.04 Å². The number of carbonyl (C=O) groups is 2. The van der Waals surface area contributed by atoms with Crippen LogP contribution >= 0.6 is 0 Å². The molecule has 3 aliphatic rings. The second-order valence-electron chi connectivity index (χ2n) is 11.6. The van der Waals surface area contributed by atoms with Crippen molar-refractivity contribution in [2.75, 3.05) is 33.1 Å². The predicted octanol–water partition coefficient (Wildman–Crippen LogP) is 6.22.